The first-order valence-corrected chi connectivity index (χ1v) is 12.6. The second-order valence-electron chi connectivity index (χ2n) is 7.85. The molecule has 11 heteroatoms. The van der Waals surface area contributed by atoms with Gasteiger partial charge < -0.3 is 10.0 Å². The molecule has 0 atom stereocenters. The number of hydrogen-bond acceptors (Lipinski definition) is 4. The number of rotatable bonds is 4. The summed E-state index contributed by atoms with van der Waals surface area (Å²) in [6.07, 6.45) is -3.02. The summed E-state index contributed by atoms with van der Waals surface area (Å²) >= 11 is 3.21. The summed E-state index contributed by atoms with van der Waals surface area (Å²) in [4.78, 5) is 14.6. The topological polar surface area (TPSA) is 86.7 Å². The number of fused-ring (bicyclic) bond motifs is 1. The van der Waals surface area contributed by atoms with Gasteiger partial charge in [0.05, 0.1) is 17.5 Å². The molecule has 0 spiro atoms. The molecule has 178 valence electrons. The molecule has 0 aromatic heterocycles. The molecule has 3 aromatic carbocycles. The lowest BCUT2D eigenvalue weighted by Crippen LogP contribution is -2.37. The van der Waals surface area contributed by atoms with Crippen molar-refractivity contribution in [2.75, 3.05) is 22.4 Å². The van der Waals surface area contributed by atoms with E-state index in [0.717, 1.165) is 24.0 Å². The Balaban J connectivity index is 1.64. The Hall–Kier alpha value is -3.05. The zero-order valence-corrected chi connectivity index (χ0v) is 20.1. The zero-order chi connectivity index (χ0) is 24.8. The molecule has 0 radical (unpaired) electrons. The number of carbonyl (C=O) groups excluding carboxylic acids is 1. The van der Waals surface area contributed by atoms with Crippen molar-refractivity contribution in [1.29, 1.82) is 0 Å². The summed E-state index contributed by atoms with van der Waals surface area (Å²) in [5, 5.41) is 9.95. The highest BCUT2D eigenvalue weighted by atomic mass is 79.9. The normalized spacial score (nSPS) is 14.1. The summed E-state index contributed by atoms with van der Waals surface area (Å²) in [7, 11) is -3.63. The van der Waals surface area contributed by atoms with Crippen LogP contribution < -0.4 is 9.62 Å². The maximum absolute atomic E-state index is 13.2. The van der Waals surface area contributed by atoms with Gasteiger partial charge in [-0.1, -0.05) is 34.1 Å². The lowest BCUT2D eigenvalue weighted by atomic mass is 9.93. The van der Waals surface area contributed by atoms with E-state index in [2.05, 4.69) is 20.7 Å². The molecule has 1 aliphatic heterocycles. The lowest BCUT2D eigenvalue weighted by molar-refractivity contribution is -0.137. The Bertz CT molecular complexity index is 1410. The molecule has 0 bridgehead atoms. The van der Waals surface area contributed by atoms with Gasteiger partial charge in [0.25, 0.3) is 5.91 Å². The van der Waals surface area contributed by atoms with Gasteiger partial charge in [-0.15, -0.1) is 0 Å². The number of hydrogen-bond donors (Lipinski definition) is 2. The van der Waals surface area contributed by atoms with Crippen molar-refractivity contribution in [2.24, 2.45) is 0 Å². The predicted octanol–water partition coefficient (Wildman–Crippen LogP) is 5.41. The van der Waals surface area contributed by atoms with Gasteiger partial charge in [-0.3, -0.25) is 9.52 Å². The van der Waals surface area contributed by atoms with E-state index in [1.165, 1.54) is 29.2 Å². The van der Waals surface area contributed by atoms with Crippen molar-refractivity contribution in [1.82, 2.24) is 0 Å². The first-order valence-electron chi connectivity index (χ1n) is 9.96. The largest absolute Gasteiger partial charge is 0.506 e. The number of sulfonamides is 1. The molecular formula is C23H18BrF3N2O4S. The van der Waals surface area contributed by atoms with Crippen LogP contribution in [-0.2, 0) is 22.6 Å². The van der Waals surface area contributed by atoms with Crippen LogP contribution in [0.4, 0.5) is 24.5 Å². The van der Waals surface area contributed by atoms with Crippen molar-refractivity contribution >= 4 is 43.2 Å². The molecular weight excluding hydrogens is 537 g/mol. The monoisotopic (exact) mass is 554 g/mol. The first kappa shape index (κ1) is 24.1. The fourth-order valence-corrected chi connectivity index (χ4v) is 4.97. The van der Waals surface area contributed by atoms with Crippen LogP contribution in [0.25, 0.3) is 11.1 Å². The SMILES string of the molecule is CS(=O)(=O)Nc1cc(N2CCc3cc(-c4ccc(C(F)(F)F)cc4Br)ccc3C2=O)ccc1O. The molecule has 34 heavy (non-hydrogen) atoms. The molecule has 1 amide bonds. The van der Waals surface area contributed by atoms with Crippen LogP contribution in [0.15, 0.2) is 59.1 Å². The van der Waals surface area contributed by atoms with Crippen molar-refractivity contribution in [3.8, 4) is 16.9 Å². The van der Waals surface area contributed by atoms with Crippen molar-refractivity contribution in [3.05, 3.63) is 75.8 Å². The third-order valence-corrected chi connectivity index (χ3v) is 6.63. The number of aromatic hydroxyl groups is 1. The second kappa shape index (κ2) is 8.62. The Morgan fingerprint density at radius 1 is 1.03 bits per heavy atom. The summed E-state index contributed by atoms with van der Waals surface area (Å²) in [6.45, 7) is 0.298. The maximum Gasteiger partial charge on any atom is 0.416 e. The molecule has 0 aliphatic carbocycles. The van der Waals surface area contributed by atoms with Gasteiger partial charge in [-0.2, -0.15) is 13.2 Å². The van der Waals surface area contributed by atoms with Gasteiger partial charge >= 0.3 is 6.18 Å². The van der Waals surface area contributed by atoms with Crippen LogP contribution in [0.5, 0.6) is 5.75 Å². The van der Waals surface area contributed by atoms with Gasteiger partial charge in [0.2, 0.25) is 10.0 Å². The quantitative estimate of drug-likeness (QED) is 0.422. The predicted molar refractivity (Wildman–Crippen MR) is 127 cm³/mol. The summed E-state index contributed by atoms with van der Waals surface area (Å²) in [5.41, 5.74) is 2.04. The number of nitrogens with one attached hydrogen (secondary N) is 1. The Labute approximate surface area is 202 Å². The van der Waals surface area contributed by atoms with Crippen LogP contribution in [-0.4, -0.2) is 32.2 Å². The van der Waals surface area contributed by atoms with E-state index in [-0.39, 0.29) is 17.3 Å². The van der Waals surface area contributed by atoms with Gasteiger partial charge in [0.15, 0.2) is 0 Å². The minimum Gasteiger partial charge on any atom is -0.506 e. The minimum atomic E-state index is -4.45. The van der Waals surface area contributed by atoms with Gasteiger partial charge in [-0.25, -0.2) is 8.42 Å². The minimum absolute atomic E-state index is 0.0406. The van der Waals surface area contributed by atoms with E-state index in [1.807, 2.05) is 0 Å². The Morgan fingerprint density at radius 2 is 1.74 bits per heavy atom. The maximum atomic E-state index is 13.2. The van der Waals surface area contributed by atoms with Gasteiger partial charge in [-0.05, 0) is 59.5 Å². The van der Waals surface area contributed by atoms with Crippen molar-refractivity contribution in [3.63, 3.8) is 0 Å². The average Bonchev–Trinajstić information content (AvgIpc) is 2.74. The summed E-state index contributed by atoms with van der Waals surface area (Å²) < 4.78 is 64.5. The van der Waals surface area contributed by atoms with E-state index in [4.69, 9.17) is 0 Å². The Kier molecular flexibility index (Phi) is 6.11. The molecule has 6 nitrogen and oxygen atoms in total. The van der Waals surface area contributed by atoms with Crippen molar-refractivity contribution < 1.29 is 31.5 Å². The molecule has 2 N–H and O–H groups in total. The van der Waals surface area contributed by atoms with Crippen LogP contribution in [0, 0.1) is 0 Å². The number of nitrogens with zero attached hydrogens (tertiary/aromatic N) is 1. The lowest BCUT2D eigenvalue weighted by Gasteiger charge is -2.29. The molecule has 1 heterocycles. The molecule has 3 aromatic rings. The number of benzene rings is 3. The van der Waals surface area contributed by atoms with Crippen LogP contribution >= 0.6 is 15.9 Å². The third-order valence-electron chi connectivity index (χ3n) is 5.38. The third kappa shape index (κ3) is 4.90. The summed E-state index contributed by atoms with van der Waals surface area (Å²) in [6, 6.07) is 12.7. The summed E-state index contributed by atoms with van der Waals surface area (Å²) in [5.74, 6) is -0.582. The molecule has 0 saturated heterocycles. The Morgan fingerprint density at radius 3 is 2.38 bits per heavy atom. The number of amides is 1. The highest BCUT2D eigenvalue weighted by Crippen LogP contribution is 2.37. The van der Waals surface area contributed by atoms with Gasteiger partial charge in [0, 0.05) is 22.3 Å². The molecule has 0 unspecified atom stereocenters. The fourth-order valence-electron chi connectivity index (χ4n) is 3.80. The number of phenolic OH excluding ortho intramolecular Hbond substituents is 1. The standard InChI is InChI=1S/C23H18BrF3N2O4S/c1-34(32,33)28-20-12-16(4-7-21(20)30)29-9-8-14-10-13(2-5-18(14)22(29)31)17-6-3-15(11-19(17)24)23(25,26)27/h2-7,10-12,28,30H,8-9H2,1H3. The molecule has 0 fully saturated rings. The van der Waals surface area contributed by atoms with E-state index < -0.39 is 21.8 Å². The first-order chi connectivity index (χ1) is 15.8. The second-order valence-corrected chi connectivity index (χ2v) is 10.4. The number of anilines is 2. The van der Waals surface area contributed by atoms with E-state index >= 15 is 0 Å². The van der Waals surface area contributed by atoms with Crippen LogP contribution in [0.3, 0.4) is 0 Å². The zero-order valence-electron chi connectivity index (χ0n) is 17.6. The average molecular weight is 555 g/mol. The van der Waals surface area contributed by atoms with Crippen LogP contribution in [0.2, 0.25) is 0 Å². The van der Waals surface area contributed by atoms with E-state index in [1.54, 1.807) is 18.2 Å². The number of carbonyl (C=O) groups is 1. The molecule has 0 saturated carbocycles. The fraction of sp³-hybridized carbons (Fsp3) is 0.174. The highest BCUT2D eigenvalue weighted by Gasteiger charge is 2.31. The van der Waals surface area contributed by atoms with Crippen LogP contribution in [0.1, 0.15) is 21.5 Å². The van der Waals surface area contributed by atoms with E-state index in [0.29, 0.717) is 39.8 Å². The smallest absolute Gasteiger partial charge is 0.416 e. The molecule has 1 aliphatic rings. The van der Waals surface area contributed by atoms with E-state index in [9.17, 15) is 31.5 Å². The highest BCUT2D eigenvalue weighted by molar-refractivity contribution is 9.10. The number of alkyl halides is 3. The van der Waals surface area contributed by atoms with Crippen molar-refractivity contribution in [2.45, 2.75) is 12.6 Å². The number of phenols is 1. The molecule has 4 rings (SSSR count). The van der Waals surface area contributed by atoms with Gasteiger partial charge in [0.1, 0.15) is 5.75 Å². The number of halogens is 4.